The van der Waals surface area contributed by atoms with E-state index in [2.05, 4.69) is 10.6 Å². The van der Waals surface area contributed by atoms with Crippen molar-refractivity contribution >= 4 is 5.91 Å². The van der Waals surface area contributed by atoms with Gasteiger partial charge in [-0.2, -0.15) is 0 Å². The molecule has 3 atom stereocenters. The molecule has 1 amide bonds. The quantitative estimate of drug-likeness (QED) is 0.916. The highest BCUT2D eigenvalue weighted by Gasteiger charge is 2.39. The van der Waals surface area contributed by atoms with E-state index in [0.29, 0.717) is 23.4 Å². The standard InChI is InChI=1S/C17H17FN2O2/c18-11-3-1-2-10(8-11)15-6-7-16(22-15)17(21)20-14-9-12-4-5-13(14)19-12/h1-3,6-8,12-14,19H,4-5,9H2,(H,20,21)/t12-,13-,14+/m0/s1. The van der Waals surface area contributed by atoms with E-state index >= 15 is 0 Å². The van der Waals surface area contributed by atoms with E-state index in [1.54, 1.807) is 24.3 Å². The van der Waals surface area contributed by atoms with Gasteiger partial charge in [0, 0.05) is 23.7 Å². The molecular formula is C17H17FN2O2. The molecule has 22 heavy (non-hydrogen) atoms. The molecule has 2 aliphatic heterocycles. The Morgan fingerprint density at radius 2 is 2.18 bits per heavy atom. The Bertz CT molecular complexity index is 712. The Morgan fingerprint density at radius 3 is 2.91 bits per heavy atom. The first-order chi connectivity index (χ1) is 10.7. The van der Waals surface area contributed by atoms with Crippen LogP contribution in [0.15, 0.2) is 40.8 Å². The van der Waals surface area contributed by atoms with E-state index in [4.69, 9.17) is 4.42 Å². The van der Waals surface area contributed by atoms with Crippen LogP contribution in [0.5, 0.6) is 0 Å². The summed E-state index contributed by atoms with van der Waals surface area (Å²) in [5, 5.41) is 6.52. The lowest BCUT2D eigenvalue weighted by atomic mass is 9.95. The summed E-state index contributed by atoms with van der Waals surface area (Å²) in [6, 6.07) is 10.6. The molecule has 5 heteroatoms. The van der Waals surface area contributed by atoms with Gasteiger partial charge in [-0.15, -0.1) is 0 Å². The molecule has 1 aromatic carbocycles. The average molecular weight is 300 g/mol. The van der Waals surface area contributed by atoms with Crippen LogP contribution in [-0.2, 0) is 0 Å². The summed E-state index contributed by atoms with van der Waals surface area (Å²) in [7, 11) is 0. The maximum absolute atomic E-state index is 13.2. The highest BCUT2D eigenvalue weighted by atomic mass is 19.1. The molecule has 0 spiro atoms. The lowest BCUT2D eigenvalue weighted by Gasteiger charge is -2.20. The molecule has 2 aromatic rings. The Kier molecular flexibility index (Phi) is 3.22. The van der Waals surface area contributed by atoms with Gasteiger partial charge in [0.1, 0.15) is 11.6 Å². The molecule has 114 valence electrons. The molecule has 2 saturated heterocycles. The fourth-order valence-corrected chi connectivity index (χ4v) is 3.48. The summed E-state index contributed by atoms with van der Waals surface area (Å²) in [6.45, 7) is 0. The molecular weight excluding hydrogens is 283 g/mol. The van der Waals surface area contributed by atoms with Crippen LogP contribution in [0.4, 0.5) is 4.39 Å². The van der Waals surface area contributed by atoms with Crippen LogP contribution in [0.2, 0.25) is 0 Å². The highest BCUT2D eigenvalue weighted by molar-refractivity contribution is 5.92. The number of furan rings is 1. The van der Waals surface area contributed by atoms with Gasteiger partial charge in [-0.3, -0.25) is 4.79 Å². The van der Waals surface area contributed by atoms with E-state index in [-0.39, 0.29) is 23.5 Å². The SMILES string of the molecule is O=C(N[C@@H]1C[C@@H]2CC[C@@H]1N2)c1ccc(-c2cccc(F)c2)o1. The van der Waals surface area contributed by atoms with Gasteiger partial charge in [0.15, 0.2) is 5.76 Å². The summed E-state index contributed by atoms with van der Waals surface area (Å²) < 4.78 is 18.8. The molecule has 2 N–H and O–H groups in total. The van der Waals surface area contributed by atoms with E-state index in [1.165, 1.54) is 18.6 Å². The molecule has 2 fully saturated rings. The van der Waals surface area contributed by atoms with Crippen molar-refractivity contribution in [2.75, 3.05) is 0 Å². The lowest BCUT2D eigenvalue weighted by molar-refractivity contribution is 0.0903. The van der Waals surface area contributed by atoms with Crippen LogP contribution >= 0.6 is 0 Å². The Hall–Kier alpha value is -2.14. The second-order valence-corrected chi connectivity index (χ2v) is 6.04. The van der Waals surface area contributed by atoms with Gasteiger partial charge in [-0.25, -0.2) is 4.39 Å². The molecule has 4 nitrogen and oxygen atoms in total. The van der Waals surface area contributed by atoms with Gasteiger partial charge in [-0.1, -0.05) is 12.1 Å². The predicted octanol–water partition coefficient (Wildman–Crippen LogP) is 2.71. The zero-order valence-electron chi connectivity index (χ0n) is 12.0. The van der Waals surface area contributed by atoms with Crippen LogP contribution in [0, 0.1) is 5.82 Å². The molecule has 0 saturated carbocycles. The molecule has 1 aromatic heterocycles. The number of rotatable bonds is 3. The Labute approximate surface area is 127 Å². The van der Waals surface area contributed by atoms with Gasteiger partial charge in [0.05, 0.1) is 0 Å². The van der Waals surface area contributed by atoms with Crippen molar-refractivity contribution in [1.29, 1.82) is 0 Å². The largest absolute Gasteiger partial charge is 0.451 e. The third-order valence-electron chi connectivity index (χ3n) is 4.56. The van der Waals surface area contributed by atoms with Crippen molar-refractivity contribution in [3.63, 3.8) is 0 Å². The van der Waals surface area contributed by atoms with Gasteiger partial charge < -0.3 is 15.1 Å². The van der Waals surface area contributed by atoms with Gasteiger partial charge >= 0.3 is 0 Å². The summed E-state index contributed by atoms with van der Waals surface area (Å²) >= 11 is 0. The minimum absolute atomic E-state index is 0.175. The predicted molar refractivity (Wildman–Crippen MR) is 79.9 cm³/mol. The summed E-state index contributed by atoms with van der Waals surface area (Å²) in [5.41, 5.74) is 0.626. The van der Waals surface area contributed by atoms with E-state index in [1.807, 2.05) is 0 Å². The maximum Gasteiger partial charge on any atom is 0.287 e. The second-order valence-electron chi connectivity index (χ2n) is 6.04. The number of hydrogen-bond donors (Lipinski definition) is 2. The number of fused-ring (bicyclic) bond motifs is 2. The summed E-state index contributed by atoms with van der Waals surface area (Å²) in [6.07, 6.45) is 3.29. The molecule has 2 aliphatic rings. The van der Waals surface area contributed by atoms with Crippen LogP contribution in [0.25, 0.3) is 11.3 Å². The van der Waals surface area contributed by atoms with Crippen molar-refractivity contribution in [1.82, 2.24) is 10.6 Å². The van der Waals surface area contributed by atoms with Crippen LogP contribution in [0.3, 0.4) is 0 Å². The minimum Gasteiger partial charge on any atom is -0.451 e. The van der Waals surface area contributed by atoms with Crippen molar-refractivity contribution in [3.05, 3.63) is 48.0 Å². The number of benzene rings is 1. The van der Waals surface area contributed by atoms with Gasteiger partial charge in [0.2, 0.25) is 0 Å². The number of amides is 1. The first kappa shape index (κ1) is 13.5. The molecule has 4 rings (SSSR count). The van der Waals surface area contributed by atoms with Crippen LogP contribution in [-0.4, -0.2) is 24.0 Å². The zero-order chi connectivity index (χ0) is 15.1. The van der Waals surface area contributed by atoms with Gasteiger partial charge in [-0.05, 0) is 43.5 Å². The van der Waals surface area contributed by atoms with Crippen molar-refractivity contribution in [2.45, 2.75) is 37.4 Å². The minimum atomic E-state index is -0.326. The van der Waals surface area contributed by atoms with Crippen LogP contribution in [0.1, 0.15) is 29.8 Å². The average Bonchev–Trinajstić information content (AvgIpc) is 3.23. The maximum atomic E-state index is 13.2. The van der Waals surface area contributed by atoms with E-state index in [0.717, 1.165) is 12.8 Å². The topological polar surface area (TPSA) is 54.3 Å². The summed E-state index contributed by atoms with van der Waals surface area (Å²) in [4.78, 5) is 12.3. The fourth-order valence-electron chi connectivity index (χ4n) is 3.48. The first-order valence-corrected chi connectivity index (χ1v) is 7.62. The Morgan fingerprint density at radius 1 is 1.27 bits per heavy atom. The second kappa shape index (κ2) is 5.25. The lowest BCUT2D eigenvalue weighted by Crippen LogP contribution is -2.42. The summed E-state index contributed by atoms with van der Waals surface area (Å²) in [5.74, 6) is 0.229. The van der Waals surface area contributed by atoms with Gasteiger partial charge in [0.25, 0.3) is 5.91 Å². The fraction of sp³-hybridized carbons (Fsp3) is 0.353. The zero-order valence-corrected chi connectivity index (χ0v) is 12.0. The molecule has 2 bridgehead atoms. The number of carbonyl (C=O) groups is 1. The number of carbonyl (C=O) groups excluding carboxylic acids is 1. The molecule has 0 aliphatic carbocycles. The number of halogens is 1. The third kappa shape index (κ3) is 2.41. The third-order valence-corrected chi connectivity index (χ3v) is 4.56. The number of hydrogen-bond acceptors (Lipinski definition) is 3. The van der Waals surface area contributed by atoms with Crippen molar-refractivity contribution < 1.29 is 13.6 Å². The van der Waals surface area contributed by atoms with Crippen LogP contribution < -0.4 is 10.6 Å². The van der Waals surface area contributed by atoms with Crippen molar-refractivity contribution in [2.24, 2.45) is 0 Å². The molecule has 0 unspecified atom stereocenters. The van der Waals surface area contributed by atoms with Crippen molar-refractivity contribution in [3.8, 4) is 11.3 Å². The monoisotopic (exact) mass is 300 g/mol. The van der Waals surface area contributed by atoms with E-state index in [9.17, 15) is 9.18 Å². The molecule has 3 heterocycles. The number of nitrogens with one attached hydrogen (secondary N) is 2. The first-order valence-electron chi connectivity index (χ1n) is 7.62. The normalized spacial score (nSPS) is 26.3. The smallest absolute Gasteiger partial charge is 0.287 e. The molecule has 0 radical (unpaired) electrons. The van der Waals surface area contributed by atoms with E-state index < -0.39 is 0 Å². The Balaban J connectivity index is 1.48. The highest BCUT2D eigenvalue weighted by Crippen LogP contribution is 2.29.